The van der Waals surface area contributed by atoms with E-state index >= 15 is 0 Å². The van der Waals surface area contributed by atoms with E-state index in [0.717, 1.165) is 54.1 Å². The van der Waals surface area contributed by atoms with Crippen LogP contribution >= 0.6 is 0 Å². The zero-order valence-electron chi connectivity index (χ0n) is 21.1. The molecule has 1 amide bonds. The summed E-state index contributed by atoms with van der Waals surface area (Å²) in [5.74, 6) is 1.47. The van der Waals surface area contributed by atoms with Crippen molar-refractivity contribution in [1.29, 1.82) is 0 Å². The van der Waals surface area contributed by atoms with Gasteiger partial charge in [-0.1, -0.05) is 49.6 Å². The summed E-state index contributed by atoms with van der Waals surface area (Å²) in [5.41, 5.74) is 3.95. The average molecular weight is 497 g/mol. The first-order chi connectivity index (χ1) is 18.2. The van der Waals surface area contributed by atoms with Gasteiger partial charge in [-0.2, -0.15) is 0 Å². The molecule has 3 aliphatic rings. The summed E-state index contributed by atoms with van der Waals surface area (Å²) in [6, 6.07) is 18.9. The van der Waals surface area contributed by atoms with Crippen LogP contribution in [0.1, 0.15) is 68.2 Å². The van der Waals surface area contributed by atoms with Gasteiger partial charge in [-0.25, -0.2) is 0 Å². The minimum absolute atomic E-state index is 0.0281. The number of fused-ring (bicyclic) bond motifs is 1. The molecule has 6 heteroatoms. The van der Waals surface area contributed by atoms with Crippen molar-refractivity contribution in [1.82, 2.24) is 0 Å². The average Bonchev–Trinajstić information content (AvgIpc) is 3.43. The number of carbonyl (C=O) groups excluding carboxylic acids is 2. The predicted molar refractivity (Wildman–Crippen MR) is 143 cm³/mol. The molecule has 1 aromatic heterocycles. The Morgan fingerprint density at radius 2 is 1.76 bits per heavy atom. The molecule has 6 nitrogen and oxygen atoms in total. The quantitative estimate of drug-likeness (QED) is 0.432. The maximum Gasteiger partial charge on any atom is 0.231 e. The fourth-order valence-electron chi connectivity index (χ4n) is 6.29. The van der Waals surface area contributed by atoms with Crippen LogP contribution in [0.5, 0.6) is 5.75 Å². The van der Waals surface area contributed by atoms with Gasteiger partial charge in [-0.3, -0.25) is 14.5 Å². The highest BCUT2D eigenvalue weighted by Gasteiger charge is 2.44. The molecule has 0 unspecified atom stereocenters. The number of hydrogen-bond acceptors (Lipinski definition) is 5. The third-order valence-corrected chi connectivity index (χ3v) is 8.06. The number of methoxy groups -OCH3 is 1. The lowest BCUT2D eigenvalue weighted by molar-refractivity contribution is -0.123. The number of furan rings is 1. The van der Waals surface area contributed by atoms with Crippen molar-refractivity contribution < 1.29 is 18.7 Å². The van der Waals surface area contributed by atoms with Gasteiger partial charge in [0.25, 0.3) is 0 Å². The van der Waals surface area contributed by atoms with Gasteiger partial charge in [0.15, 0.2) is 5.78 Å². The minimum Gasteiger partial charge on any atom is -0.496 e. The number of benzene rings is 2. The molecule has 6 rings (SSSR count). The van der Waals surface area contributed by atoms with E-state index in [9.17, 15) is 9.59 Å². The zero-order valence-corrected chi connectivity index (χ0v) is 21.1. The van der Waals surface area contributed by atoms with Gasteiger partial charge >= 0.3 is 0 Å². The largest absolute Gasteiger partial charge is 0.496 e. The molecule has 0 bridgehead atoms. The van der Waals surface area contributed by atoms with E-state index in [1.54, 1.807) is 13.4 Å². The maximum atomic E-state index is 14.4. The second-order valence-corrected chi connectivity index (χ2v) is 10.3. The van der Waals surface area contributed by atoms with Crippen LogP contribution in [-0.2, 0) is 9.59 Å². The number of nitrogens with one attached hydrogen (secondary N) is 1. The Bertz CT molecular complexity index is 1340. The number of nitrogens with zero attached hydrogens (tertiary/aromatic N) is 1. The van der Waals surface area contributed by atoms with E-state index in [1.165, 1.54) is 6.42 Å². The molecular formula is C31H32N2O4. The third-order valence-electron chi connectivity index (χ3n) is 8.06. The Kier molecular flexibility index (Phi) is 6.33. The van der Waals surface area contributed by atoms with Gasteiger partial charge in [-0.05, 0) is 49.6 Å². The van der Waals surface area contributed by atoms with E-state index in [2.05, 4.69) is 5.32 Å². The molecule has 0 spiro atoms. The Morgan fingerprint density at radius 3 is 2.54 bits per heavy atom. The number of hydrogen-bond donors (Lipinski definition) is 1. The molecular weight excluding hydrogens is 464 g/mol. The lowest BCUT2D eigenvalue weighted by Gasteiger charge is -2.37. The lowest BCUT2D eigenvalue weighted by atomic mass is 9.79. The smallest absolute Gasteiger partial charge is 0.231 e. The SMILES string of the molecule is COc1ccccc1[C@H]1C2=C(C[C@H](c3ccco3)CC2=O)Nc2ccccc2N1C(=O)C1CCCCC1. The second-order valence-electron chi connectivity index (χ2n) is 10.3. The highest BCUT2D eigenvalue weighted by Crippen LogP contribution is 2.49. The molecule has 3 aromatic rings. The van der Waals surface area contributed by atoms with E-state index < -0.39 is 6.04 Å². The van der Waals surface area contributed by atoms with Crippen LogP contribution in [0.15, 0.2) is 82.6 Å². The first kappa shape index (κ1) is 23.6. The fourth-order valence-corrected chi connectivity index (χ4v) is 6.29. The van der Waals surface area contributed by atoms with Crippen molar-refractivity contribution in [2.24, 2.45) is 5.92 Å². The topological polar surface area (TPSA) is 71.8 Å². The van der Waals surface area contributed by atoms with Gasteiger partial charge in [0.2, 0.25) is 5.91 Å². The van der Waals surface area contributed by atoms with Gasteiger partial charge in [0.1, 0.15) is 11.5 Å². The van der Waals surface area contributed by atoms with E-state index in [0.29, 0.717) is 24.2 Å². The molecule has 2 heterocycles. The first-order valence-electron chi connectivity index (χ1n) is 13.3. The third kappa shape index (κ3) is 4.24. The normalized spacial score (nSPS) is 22.1. The molecule has 2 aliphatic carbocycles. The molecule has 0 radical (unpaired) electrons. The molecule has 1 fully saturated rings. The van der Waals surface area contributed by atoms with Crippen LogP contribution in [0.3, 0.4) is 0 Å². The zero-order chi connectivity index (χ0) is 25.4. The number of rotatable bonds is 4. The number of allylic oxidation sites excluding steroid dienone is 1. The molecule has 1 saturated carbocycles. The molecule has 1 aliphatic heterocycles. The monoisotopic (exact) mass is 496 g/mol. The number of anilines is 2. The number of para-hydroxylation sites is 3. The Labute approximate surface area is 217 Å². The minimum atomic E-state index is -0.582. The van der Waals surface area contributed by atoms with Crippen LogP contribution in [0, 0.1) is 5.92 Å². The van der Waals surface area contributed by atoms with Crippen molar-refractivity contribution in [2.45, 2.75) is 56.9 Å². The summed E-state index contributed by atoms with van der Waals surface area (Å²) in [5, 5.41) is 3.59. The summed E-state index contributed by atoms with van der Waals surface area (Å²) in [4.78, 5) is 30.3. The van der Waals surface area contributed by atoms with E-state index in [-0.39, 0.29) is 23.5 Å². The van der Waals surface area contributed by atoms with Crippen LogP contribution in [0.4, 0.5) is 11.4 Å². The van der Waals surface area contributed by atoms with Gasteiger partial charge in [0.05, 0.1) is 30.8 Å². The number of ether oxygens (including phenoxy) is 1. The summed E-state index contributed by atoms with van der Waals surface area (Å²) in [6.45, 7) is 0. The highest BCUT2D eigenvalue weighted by molar-refractivity contribution is 6.07. The molecule has 190 valence electrons. The fraction of sp³-hybridized carbons (Fsp3) is 0.355. The van der Waals surface area contributed by atoms with Gasteiger partial charge in [-0.15, -0.1) is 0 Å². The molecule has 37 heavy (non-hydrogen) atoms. The number of amides is 1. The van der Waals surface area contributed by atoms with Crippen LogP contribution < -0.4 is 15.0 Å². The molecule has 0 saturated heterocycles. The standard InChI is InChI=1S/C31H32N2O4/c1-36-28-15-8-5-12-22(28)30-29-24(18-21(19-26(29)34)27-16-9-17-37-27)32-23-13-6-7-14-25(23)33(30)31(35)20-10-3-2-4-11-20/h5-9,12-17,20-21,30,32H,2-4,10-11,18-19H2,1H3/t21-,30-/m0/s1. The number of Topliss-reactive ketones (excluding diaryl/α,β-unsaturated/α-hetero) is 1. The van der Waals surface area contributed by atoms with Gasteiger partial charge < -0.3 is 14.5 Å². The van der Waals surface area contributed by atoms with Crippen LogP contribution in [-0.4, -0.2) is 18.8 Å². The molecule has 1 N–H and O–H groups in total. The molecule has 2 atom stereocenters. The Balaban J connectivity index is 1.56. The Hall–Kier alpha value is -3.80. The van der Waals surface area contributed by atoms with E-state index in [4.69, 9.17) is 9.15 Å². The van der Waals surface area contributed by atoms with E-state index in [1.807, 2.05) is 65.6 Å². The van der Waals surface area contributed by atoms with Crippen molar-refractivity contribution >= 4 is 23.1 Å². The molecule has 2 aromatic carbocycles. The Morgan fingerprint density at radius 1 is 0.973 bits per heavy atom. The van der Waals surface area contributed by atoms with Crippen molar-refractivity contribution in [2.75, 3.05) is 17.3 Å². The number of carbonyl (C=O) groups is 2. The lowest BCUT2D eigenvalue weighted by Crippen LogP contribution is -2.42. The van der Waals surface area contributed by atoms with Crippen molar-refractivity contribution in [3.05, 3.63) is 89.5 Å². The maximum absolute atomic E-state index is 14.4. The van der Waals surface area contributed by atoms with Gasteiger partial charge in [0, 0.05) is 35.1 Å². The second kappa shape index (κ2) is 9.92. The first-order valence-corrected chi connectivity index (χ1v) is 13.3. The summed E-state index contributed by atoms with van der Waals surface area (Å²) >= 11 is 0. The summed E-state index contributed by atoms with van der Waals surface area (Å²) in [7, 11) is 1.64. The highest BCUT2D eigenvalue weighted by atomic mass is 16.5. The van der Waals surface area contributed by atoms with Crippen molar-refractivity contribution in [3.8, 4) is 5.75 Å². The van der Waals surface area contributed by atoms with Crippen LogP contribution in [0.25, 0.3) is 0 Å². The number of ketones is 1. The predicted octanol–water partition coefficient (Wildman–Crippen LogP) is 6.77. The van der Waals surface area contributed by atoms with Crippen LogP contribution in [0.2, 0.25) is 0 Å². The summed E-state index contributed by atoms with van der Waals surface area (Å²) in [6.07, 6.45) is 7.65. The summed E-state index contributed by atoms with van der Waals surface area (Å²) < 4.78 is 11.5. The van der Waals surface area contributed by atoms with Crippen molar-refractivity contribution in [3.63, 3.8) is 0 Å².